The normalized spacial score (nSPS) is 10.2. The fraction of sp³-hybridized carbons (Fsp3) is 0. The Morgan fingerprint density at radius 1 is 1.07 bits per heavy atom. The zero-order valence-electron chi connectivity index (χ0n) is 14.0. The van der Waals surface area contributed by atoms with E-state index in [0.29, 0.717) is 20.7 Å². The number of rotatable bonds is 6. The van der Waals surface area contributed by atoms with Crippen LogP contribution in [-0.2, 0) is 0 Å². The van der Waals surface area contributed by atoms with Gasteiger partial charge in [-0.1, -0.05) is 23.7 Å². The first-order chi connectivity index (χ1) is 13.5. The summed E-state index contributed by atoms with van der Waals surface area (Å²) in [5.41, 5.74) is 5.32. The second kappa shape index (κ2) is 8.63. The van der Waals surface area contributed by atoms with Crippen LogP contribution in [0.25, 0.3) is 0 Å². The first-order valence-corrected chi connectivity index (χ1v) is 8.95. The molecule has 0 bridgehead atoms. The molecule has 0 fully saturated rings. The number of nitro groups is 1. The highest BCUT2D eigenvalue weighted by Gasteiger charge is 2.24. The lowest BCUT2D eigenvalue weighted by Gasteiger charge is -2.11. The molecular weight excluding hydrogens is 452 g/mol. The van der Waals surface area contributed by atoms with E-state index >= 15 is 0 Å². The molecule has 3 aromatic rings. The predicted molar refractivity (Wildman–Crippen MR) is 109 cm³/mol. The average molecular weight is 464 g/mol. The van der Waals surface area contributed by atoms with E-state index in [1.807, 2.05) is 6.07 Å². The summed E-state index contributed by atoms with van der Waals surface area (Å²) in [6, 6.07) is 13.2. The molecule has 1 amide bonds. The number of hydrogen-bond acceptors (Lipinski definition) is 7. The highest BCUT2D eigenvalue weighted by molar-refractivity contribution is 9.10. The van der Waals surface area contributed by atoms with E-state index in [1.54, 1.807) is 30.3 Å². The van der Waals surface area contributed by atoms with Crippen molar-refractivity contribution in [3.8, 4) is 0 Å². The summed E-state index contributed by atoms with van der Waals surface area (Å²) >= 11 is 9.15. The number of para-hydroxylation sites is 1. The first kappa shape index (κ1) is 19.5. The fourth-order valence-corrected chi connectivity index (χ4v) is 2.72. The molecule has 2 aromatic carbocycles. The highest BCUT2D eigenvalue weighted by atomic mass is 79.9. The number of nitrogens with zero attached hydrogens (tertiary/aromatic N) is 3. The first-order valence-electron chi connectivity index (χ1n) is 7.78. The van der Waals surface area contributed by atoms with E-state index in [0.717, 1.165) is 6.33 Å². The van der Waals surface area contributed by atoms with E-state index in [1.165, 1.54) is 12.1 Å². The standard InChI is InChI=1S/C17H12BrClN6O3/c18-12-3-1-2-4-13(12)22-15-14(25(27)28)16(21-9-20-15)23-24-17(26)10-5-7-11(19)8-6-10/h1-9H,(H,24,26)(H2,20,21,22,23). The molecule has 0 saturated heterocycles. The van der Waals surface area contributed by atoms with Crippen LogP contribution in [-0.4, -0.2) is 20.8 Å². The van der Waals surface area contributed by atoms with Crippen molar-refractivity contribution in [1.29, 1.82) is 0 Å². The van der Waals surface area contributed by atoms with E-state index in [-0.39, 0.29) is 11.6 Å². The second-order valence-electron chi connectivity index (χ2n) is 5.37. The maximum absolute atomic E-state index is 12.2. The van der Waals surface area contributed by atoms with Gasteiger partial charge in [0.25, 0.3) is 5.91 Å². The molecule has 0 unspecified atom stereocenters. The van der Waals surface area contributed by atoms with Crippen molar-refractivity contribution in [2.45, 2.75) is 0 Å². The maximum Gasteiger partial charge on any atom is 0.355 e. The molecule has 0 aliphatic rings. The Morgan fingerprint density at radius 2 is 1.75 bits per heavy atom. The minimum absolute atomic E-state index is 0.0323. The van der Waals surface area contributed by atoms with Crippen molar-refractivity contribution >= 4 is 56.4 Å². The van der Waals surface area contributed by atoms with Gasteiger partial charge in [0.2, 0.25) is 11.6 Å². The second-order valence-corrected chi connectivity index (χ2v) is 6.66. The molecule has 0 spiro atoms. The van der Waals surface area contributed by atoms with Crippen LogP contribution in [0.5, 0.6) is 0 Å². The van der Waals surface area contributed by atoms with Crippen LogP contribution in [0, 0.1) is 10.1 Å². The van der Waals surface area contributed by atoms with Gasteiger partial charge in [-0.05, 0) is 52.3 Å². The molecule has 11 heteroatoms. The molecule has 0 radical (unpaired) electrons. The third-order valence-electron chi connectivity index (χ3n) is 3.53. The number of hydrogen-bond donors (Lipinski definition) is 3. The van der Waals surface area contributed by atoms with Crippen molar-refractivity contribution in [2.75, 3.05) is 10.7 Å². The van der Waals surface area contributed by atoms with Gasteiger partial charge < -0.3 is 5.32 Å². The Labute approximate surface area is 172 Å². The SMILES string of the molecule is O=C(NNc1ncnc(Nc2ccccc2Br)c1[N+](=O)[O-])c1ccc(Cl)cc1. The fourth-order valence-electron chi connectivity index (χ4n) is 2.21. The van der Waals surface area contributed by atoms with E-state index in [9.17, 15) is 14.9 Å². The summed E-state index contributed by atoms with van der Waals surface area (Å²) in [4.78, 5) is 30.9. The van der Waals surface area contributed by atoms with Gasteiger partial charge in [0.15, 0.2) is 0 Å². The summed E-state index contributed by atoms with van der Waals surface area (Å²) in [5.74, 6) is -0.711. The molecule has 1 aromatic heterocycles. The van der Waals surface area contributed by atoms with Crippen molar-refractivity contribution in [3.05, 3.63) is 80.0 Å². The predicted octanol–water partition coefficient (Wildman–Crippen LogP) is 4.30. The van der Waals surface area contributed by atoms with Crippen LogP contribution in [0.15, 0.2) is 59.3 Å². The third kappa shape index (κ3) is 4.53. The number of nitrogens with one attached hydrogen (secondary N) is 3. The summed E-state index contributed by atoms with van der Waals surface area (Å²) in [6.07, 6.45) is 1.14. The molecular formula is C17H12BrClN6O3. The quantitative estimate of drug-likeness (QED) is 0.368. The smallest absolute Gasteiger partial charge is 0.333 e. The van der Waals surface area contributed by atoms with Gasteiger partial charge in [-0.15, -0.1) is 0 Å². The molecule has 142 valence electrons. The molecule has 0 saturated carbocycles. The Balaban J connectivity index is 1.83. The Morgan fingerprint density at radius 3 is 2.43 bits per heavy atom. The number of aromatic nitrogens is 2. The monoisotopic (exact) mass is 462 g/mol. The maximum atomic E-state index is 12.2. The van der Waals surface area contributed by atoms with Gasteiger partial charge >= 0.3 is 5.69 Å². The van der Waals surface area contributed by atoms with Crippen LogP contribution in [0.3, 0.4) is 0 Å². The third-order valence-corrected chi connectivity index (χ3v) is 4.48. The summed E-state index contributed by atoms with van der Waals surface area (Å²) in [7, 11) is 0. The van der Waals surface area contributed by atoms with Gasteiger partial charge in [0.1, 0.15) is 6.33 Å². The van der Waals surface area contributed by atoms with Gasteiger partial charge in [-0.2, -0.15) is 0 Å². The molecule has 1 heterocycles. The van der Waals surface area contributed by atoms with Crippen molar-refractivity contribution in [1.82, 2.24) is 15.4 Å². The van der Waals surface area contributed by atoms with Crippen molar-refractivity contribution < 1.29 is 9.72 Å². The van der Waals surface area contributed by atoms with Gasteiger partial charge in [0, 0.05) is 15.1 Å². The Bertz CT molecular complexity index is 1030. The zero-order valence-corrected chi connectivity index (χ0v) is 16.4. The van der Waals surface area contributed by atoms with Crippen LogP contribution < -0.4 is 16.2 Å². The number of carbonyl (C=O) groups excluding carboxylic acids is 1. The summed E-state index contributed by atoms with van der Waals surface area (Å²) in [5, 5.41) is 14.9. The van der Waals surface area contributed by atoms with E-state index in [4.69, 9.17) is 11.6 Å². The molecule has 28 heavy (non-hydrogen) atoms. The number of carbonyl (C=O) groups is 1. The summed E-state index contributed by atoms with van der Waals surface area (Å²) < 4.78 is 0.702. The average Bonchev–Trinajstić information content (AvgIpc) is 2.68. The minimum atomic E-state index is -0.643. The lowest BCUT2D eigenvalue weighted by Crippen LogP contribution is -2.30. The lowest BCUT2D eigenvalue weighted by molar-refractivity contribution is -0.383. The Hall–Kier alpha value is -3.24. The molecule has 3 N–H and O–H groups in total. The Kier molecular flexibility index (Phi) is 6.02. The highest BCUT2D eigenvalue weighted by Crippen LogP contribution is 2.33. The van der Waals surface area contributed by atoms with Crippen molar-refractivity contribution in [2.24, 2.45) is 0 Å². The summed E-state index contributed by atoms with van der Waals surface area (Å²) in [6.45, 7) is 0. The van der Waals surface area contributed by atoms with E-state index in [2.05, 4.69) is 42.1 Å². The molecule has 0 atom stereocenters. The van der Waals surface area contributed by atoms with Crippen molar-refractivity contribution in [3.63, 3.8) is 0 Å². The van der Waals surface area contributed by atoms with Crippen LogP contribution in [0.4, 0.5) is 23.0 Å². The topological polar surface area (TPSA) is 122 Å². The largest absolute Gasteiger partial charge is 0.355 e. The minimum Gasteiger partial charge on any atom is -0.333 e. The number of amides is 1. The lowest BCUT2D eigenvalue weighted by atomic mass is 10.2. The number of halogens is 2. The molecule has 9 nitrogen and oxygen atoms in total. The van der Waals surface area contributed by atoms with Crippen LogP contribution in [0.2, 0.25) is 5.02 Å². The zero-order chi connectivity index (χ0) is 20.1. The van der Waals surface area contributed by atoms with Gasteiger partial charge in [0.05, 0.1) is 10.6 Å². The van der Waals surface area contributed by atoms with Crippen LogP contribution in [0.1, 0.15) is 10.4 Å². The van der Waals surface area contributed by atoms with Gasteiger partial charge in [-0.25, -0.2) is 9.97 Å². The molecule has 3 rings (SSSR count). The van der Waals surface area contributed by atoms with Crippen LogP contribution >= 0.6 is 27.5 Å². The molecule has 0 aliphatic heterocycles. The molecule has 0 aliphatic carbocycles. The van der Waals surface area contributed by atoms with Gasteiger partial charge in [-0.3, -0.25) is 25.8 Å². The van der Waals surface area contributed by atoms with E-state index < -0.39 is 16.5 Å². The number of anilines is 3. The number of benzene rings is 2. The number of hydrazine groups is 1.